The first-order valence-electron chi connectivity index (χ1n) is 4.37. The SMILES string of the molecule is CC(N)C(=O)NCc1ccc(Cl)cc1.Cl. The lowest BCUT2D eigenvalue weighted by molar-refractivity contribution is -0.122. The number of amides is 1. The van der Waals surface area contributed by atoms with Crippen LogP contribution in [0.3, 0.4) is 0 Å². The zero-order chi connectivity index (χ0) is 10.6. The highest BCUT2D eigenvalue weighted by Gasteiger charge is 2.05. The first-order chi connectivity index (χ1) is 6.59. The van der Waals surface area contributed by atoms with Crippen LogP contribution in [0.2, 0.25) is 5.02 Å². The van der Waals surface area contributed by atoms with Crippen molar-refractivity contribution in [3.05, 3.63) is 34.9 Å². The minimum Gasteiger partial charge on any atom is -0.351 e. The van der Waals surface area contributed by atoms with E-state index in [1.165, 1.54) is 0 Å². The summed E-state index contributed by atoms with van der Waals surface area (Å²) in [7, 11) is 0. The van der Waals surface area contributed by atoms with Crippen molar-refractivity contribution in [3.63, 3.8) is 0 Å². The predicted octanol–water partition coefficient (Wildman–Crippen LogP) is 1.73. The molecule has 0 saturated heterocycles. The minimum absolute atomic E-state index is 0. The van der Waals surface area contributed by atoms with Crippen LogP contribution in [0.4, 0.5) is 0 Å². The fourth-order valence-electron chi connectivity index (χ4n) is 0.952. The second-order valence-corrected chi connectivity index (χ2v) is 3.57. The van der Waals surface area contributed by atoms with E-state index >= 15 is 0 Å². The van der Waals surface area contributed by atoms with Gasteiger partial charge in [0.2, 0.25) is 5.91 Å². The second-order valence-electron chi connectivity index (χ2n) is 3.13. The van der Waals surface area contributed by atoms with Gasteiger partial charge in [0.25, 0.3) is 0 Å². The van der Waals surface area contributed by atoms with E-state index in [0.29, 0.717) is 11.6 Å². The molecule has 0 radical (unpaired) electrons. The van der Waals surface area contributed by atoms with Crippen LogP contribution in [0.15, 0.2) is 24.3 Å². The normalized spacial score (nSPS) is 11.4. The van der Waals surface area contributed by atoms with Gasteiger partial charge in [-0.1, -0.05) is 23.7 Å². The average Bonchev–Trinajstić information content (AvgIpc) is 2.16. The van der Waals surface area contributed by atoms with E-state index in [1.807, 2.05) is 12.1 Å². The van der Waals surface area contributed by atoms with Crippen LogP contribution >= 0.6 is 24.0 Å². The molecule has 5 heteroatoms. The van der Waals surface area contributed by atoms with Crippen LogP contribution in [-0.2, 0) is 11.3 Å². The summed E-state index contributed by atoms with van der Waals surface area (Å²) >= 11 is 5.72. The maximum atomic E-state index is 11.1. The molecular weight excluding hydrogens is 235 g/mol. The van der Waals surface area contributed by atoms with E-state index in [-0.39, 0.29) is 18.3 Å². The van der Waals surface area contributed by atoms with Gasteiger partial charge < -0.3 is 11.1 Å². The van der Waals surface area contributed by atoms with E-state index in [1.54, 1.807) is 19.1 Å². The number of hydrogen-bond donors (Lipinski definition) is 2. The Morgan fingerprint density at radius 1 is 1.47 bits per heavy atom. The van der Waals surface area contributed by atoms with E-state index in [0.717, 1.165) is 5.56 Å². The summed E-state index contributed by atoms with van der Waals surface area (Å²) in [5.41, 5.74) is 6.39. The highest BCUT2D eigenvalue weighted by molar-refractivity contribution is 6.30. The summed E-state index contributed by atoms with van der Waals surface area (Å²) in [6.45, 7) is 2.13. The Kier molecular flexibility index (Phi) is 6.32. The highest BCUT2D eigenvalue weighted by Crippen LogP contribution is 2.08. The molecule has 1 rings (SSSR count). The molecule has 1 aromatic carbocycles. The molecule has 0 aliphatic carbocycles. The predicted molar refractivity (Wildman–Crippen MR) is 64.2 cm³/mol. The molecule has 0 heterocycles. The fraction of sp³-hybridized carbons (Fsp3) is 0.300. The summed E-state index contributed by atoms with van der Waals surface area (Å²) in [5, 5.41) is 3.40. The number of nitrogens with one attached hydrogen (secondary N) is 1. The molecule has 0 aliphatic rings. The molecule has 3 nitrogen and oxygen atoms in total. The van der Waals surface area contributed by atoms with E-state index in [9.17, 15) is 4.79 Å². The maximum absolute atomic E-state index is 11.1. The van der Waals surface area contributed by atoms with Crippen molar-refractivity contribution in [2.24, 2.45) is 5.73 Å². The highest BCUT2D eigenvalue weighted by atomic mass is 35.5. The Balaban J connectivity index is 0.00000196. The Hall–Kier alpha value is -0.770. The van der Waals surface area contributed by atoms with Crippen molar-refractivity contribution in [2.75, 3.05) is 0 Å². The Morgan fingerprint density at radius 2 is 2.00 bits per heavy atom. The zero-order valence-corrected chi connectivity index (χ0v) is 9.94. The van der Waals surface area contributed by atoms with Gasteiger partial charge in [-0.3, -0.25) is 4.79 Å². The molecule has 84 valence electrons. The molecule has 0 bridgehead atoms. The lowest BCUT2D eigenvalue weighted by Gasteiger charge is -2.07. The largest absolute Gasteiger partial charge is 0.351 e. The van der Waals surface area contributed by atoms with Gasteiger partial charge in [0.15, 0.2) is 0 Å². The second kappa shape index (κ2) is 6.67. The molecule has 0 fully saturated rings. The van der Waals surface area contributed by atoms with Gasteiger partial charge in [-0.05, 0) is 24.6 Å². The quantitative estimate of drug-likeness (QED) is 0.857. The monoisotopic (exact) mass is 248 g/mol. The Morgan fingerprint density at radius 3 is 2.47 bits per heavy atom. The minimum atomic E-state index is -0.470. The molecule has 1 aromatic rings. The standard InChI is InChI=1S/C10H13ClN2O.ClH/c1-7(12)10(14)13-6-8-2-4-9(11)5-3-8;/h2-5,7H,6,12H2,1H3,(H,13,14);1H. The van der Waals surface area contributed by atoms with Crippen LogP contribution in [0, 0.1) is 0 Å². The van der Waals surface area contributed by atoms with E-state index in [2.05, 4.69) is 5.32 Å². The third kappa shape index (κ3) is 5.02. The van der Waals surface area contributed by atoms with Crippen molar-refractivity contribution < 1.29 is 4.79 Å². The Bertz CT molecular complexity index is 312. The summed E-state index contributed by atoms with van der Waals surface area (Å²) in [5.74, 6) is -0.153. The lowest BCUT2D eigenvalue weighted by Crippen LogP contribution is -2.37. The van der Waals surface area contributed by atoms with Crippen LogP contribution in [0.1, 0.15) is 12.5 Å². The van der Waals surface area contributed by atoms with Crippen molar-refractivity contribution in [3.8, 4) is 0 Å². The van der Waals surface area contributed by atoms with Crippen LogP contribution in [0.25, 0.3) is 0 Å². The summed E-state index contributed by atoms with van der Waals surface area (Å²) in [4.78, 5) is 11.1. The average molecular weight is 249 g/mol. The summed E-state index contributed by atoms with van der Waals surface area (Å²) < 4.78 is 0. The van der Waals surface area contributed by atoms with Crippen molar-refractivity contribution in [1.82, 2.24) is 5.32 Å². The topological polar surface area (TPSA) is 55.1 Å². The lowest BCUT2D eigenvalue weighted by atomic mass is 10.2. The fourth-order valence-corrected chi connectivity index (χ4v) is 1.08. The third-order valence-corrected chi connectivity index (χ3v) is 2.05. The molecule has 1 amide bonds. The van der Waals surface area contributed by atoms with E-state index in [4.69, 9.17) is 17.3 Å². The molecular formula is C10H14Cl2N2O. The van der Waals surface area contributed by atoms with E-state index < -0.39 is 6.04 Å². The van der Waals surface area contributed by atoms with Gasteiger partial charge in [0, 0.05) is 11.6 Å². The first-order valence-corrected chi connectivity index (χ1v) is 4.75. The molecule has 0 aromatic heterocycles. The maximum Gasteiger partial charge on any atom is 0.236 e. The van der Waals surface area contributed by atoms with Crippen molar-refractivity contribution >= 4 is 29.9 Å². The van der Waals surface area contributed by atoms with Gasteiger partial charge in [-0.2, -0.15) is 0 Å². The molecule has 1 atom stereocenters. The smallest absolute Gasteiger partial charge is 0.236 e. The molecule has 0 saturated carbocycles. The first kappa shape index (κ1) is 14.2. The number of benzene rings is 1. The molecule has 0 aliphatic heterocycles. The van der Waals surface area contributed by atoms with Gasteiger partial charge in [-0.25, -0.2) is 0 Å². The van der Waals surface area contributed by atoms with Crippen LogP contribution in [-0.4, -0.2) is 11.9 Å². The number of hydrogen-bond acceptors (Lipinski definition) is 2. The molecule has 3 N–H and O–H groups in total. The van der Waals surface area contributed by atoms with Crippen LogP contribution in [0.5, 0.6) is 0 Å². The number of carbonyl (C=O) groups excluding carboxylic acids is 1. The number of rotatable bonds is 3. The van der Waals surface area contributed by atoms with Gasteiger partial charge in [0.05, 0.1) is 6.04 Å². The van der Waals surface area contributed by atoms with Crippen molar-refractivity contribution in [2.45, 2.75) is 19.5 Å². The van der Waals surface area contributed by atoms with Crippen molar-refractivity contribution in [1.29, 1.82) is 0 Å². The molecule has 15 heavy (non-hydrogen) atoms. The van der Waals surface area contributed by atoms with Crippen LogP contribution < -0.4 is 11.1 Å². The molecule has 1 unspecified atom stereocenters. The number of carbonyl (C=O) groups is 1. The molecule has 0 spiro atoms. The van der Waals surface area contributed by atoms with Gasteiger partial charge in [0.1, 0.15) is 0 Å². The summed E-state index contributed by atoms with van der Waals surface area (Å²) in [6, 6.07) is 6.83. The zero-order valence-electron chi connectivity index (χ0n) is 8.37. The van der Waals surface area contributed by atoms with Gasteiger partial charge >= 0.3 is 0 Å². The van der Waals surface area contributed by atoms with Gasteiger partial charge in [-0.15, -0.1) is 12.4 Å². The number of nitrogens with two attached hydrogens (primary N) is 1. The number of halogens is 2. The third-order valence-electron chi connectivity index (χ3n) is 1.79. The summed E-state index contributed by atoms with van der Waals surface area (Å²) in [6.07, 6.45) is 0. The Labute approximate surface area is 100 Å².